The van der Waals surface area contributed by atoms with Crippen LogP contribution in [0.2, 0.25) is 0 Å². The Morgan fingerprint density at radius 1 is 1.10 bits per heavy atom. The molecular weight excluding hydrogens is 408 g/mol. The normalized spacial score (nSPS) is 36.3. The second-order valence-electron chi connectivity index (χ2n) is 10.8. The maximum atomic E-state index is 13.0. The van der Waals surface area contributed by atoms with E-state index in [0.717, 1.165) is 23.4 Å². The van der Waals surface area contributed by atoms with Crippen molar-refractivity contribution in [3.05, 3.63) is 29.8 Å². The molecule has 1 N–H and O–H groups in total. The molecule has 1 amide bonds. The highest BCUT2D eigenvalue weighted by Gasteiger charge is 2.51. The van der Waals surface area contributed by atoms with E-state index >= 15 is 0 Å². The summed E-state index contributed by atoms with van der Waals surface area (Å²) in [7, 11) is -3.01. The highest BCUT2D eigenvalue weighted by Crippen LogP contribution is 2.60. The van der Waals surface area contributed by atoms with Crippen LogP contribution < -0.4 is 5.32 Å². The molecule has 5 aliphatic rings. The molecule has 1 heterocycles. The van der Waals surface area contributed by atoms with Crippen LogP contribution in [0.25, 0.3) is 0 Å². The van der Waals surface area contributed by atoms with Crippen molar-refractivity contribution in [2.75, 3.05) is 23.4 Å². The second kappa shape index (κ2) is 7.79. The minimum atomic E-state index is -3.01. The highest BCUT2D eigenvalue weighted by atomic mass is 32.2. The minimum absolute atomic E-state index is 0.0187. The lowest BCUT2D eigenvalue weighted by atomic mass is 9.48. The van der Waals surface area contributed by atoms with Crippen LogP contribution in [0.5, 0.6) is 0 Å². The van der Waals surface area contributed by atoms with Crippen LogP contribution >= 0.6 is 0 Å². The van der Waals surface area contributed by atoms with E-state index in [2.05, 4.69) is 29.6 Å². The molecule has 5 nitrogen and oxygen atoms in total. The fourth-order valence-electron chi connectivity index (χ4n) is 7.56. The van der Waals surface area contributed by atoms with Crippen LogP contribution in [0.1, 0.15) is 64.4 Å². The Bertz CT molecular complexity index is 905. The van der Waals surface area contributed by atoms with Crippen LogP contribution in [0.4, 0.5) is 5.69 Å². The third-order valence-corrected chi connectivity index (χ3v) is 10.3. The second-order valence-corrected chi connectivity index (χ2v) is 13.1. The number of hydrogen-bond acceptors (Lipinski definition) is 4. The Balaban J connectivity index is 1.25. The lowest BCUT2D eigenvalue weighted by molar-refractivity contribution is -0.133. The Hall–Kier alpha value is -1.56. The summed E-state index contributed by atoms with van der Waals surface area (Å²) in [5, 5.41) is 3.36. The van der Waals surface area contributed by atoms with Gasteiger partial charge in [-0.1, -0.05) is 12.1 Å². The first-order valence-electron chi connectivity index (χ1n) is 12.1. The first kappa shape index (κ1) is 21.3. The summed E-state index contributed by atoms with van der Waals surface area (Å²) in [4.78, 5) is 14.8. The van der Waals surface area contributed by atoms with Crippen molar-refractivity contribution >= 4 is 21.4 Å². The Kier molecular flexibility index (Phi) is 5.35. The van der Waals surface area contributed by atoms with Crippen molar-refractivity contribution in [1.82, 2.24) is 4.90 Å². The Morgan fingerprint density at radius 3 is 2.16 bits per heavy atom. The molecule has 31 heavy (non-hydrogen) atoms. The first-order valence-corrected chi connectivity index (χ1v) is 14.0. The molecule has 170 valence electrons. The number of carbonyl (C=O) groups is 1. The van der Waals surface area contributed by atoms with Crippen molar-refractivity contribution in [2.24, 2.45) is 17.8 Å². The summed E-state index contributed by atoms with van der Waals surface area (Å²) >= 11 is 0. The van der Waals surface area contributed by atoms with E-state index in [4.69, 9.17) is 0 Å². The number of nitrogens with zero attached hydrogens (tertiary/aromatic N) is 1. The van der Waals surface area contributed by atoms with E-state index in [9.17, 15) is 13.2 Å². The van der Waals surface area contributed by atoms with Gasteiger partial charge in [-0.05, 0) is 99.7 Å². The average molecular weight is 445 g/mol. The van der Waals surface area contributed by atoms with Gasteiger partial charge >= 0.3 is 0 Å². The predicted octanol–water partition coefficient (Wildman–Crippen LogP) is 3.99. The van der Waals surface area contributed by atoms with Gasteiger partial charge in [-0.3, -0.25) is 4.79 Å². The summed E-state index contributed by atoms with van der Waals surface area (Å²) in [6.07, 6.45) is 8.98. The summed E-state index contributed by atoms with van der Waals surface area (Å²) < 4.78 is 23.7. The van der Waals surface area contributed by atoms with Gasteiger partial charge in [-0.15, -0.1) is 0 Å². The maximum Gasteiger partial charge on any atom is 0.245 e. The largest absolute Gasteiger partial charge is 0.374 e. The average Bonchev–Trinajstić information content (AvgIpc) is 3.07. The standard InChI is InChI=1S/C25H36N2O3S/c1-3-27(23-8-9-31(29,30)16-23)24(28)17(2)26-22-6-4-21(5-7-22)25-13-18-10-19(14-25)12-20(11-18)15-25/h4-7,17-20,23,26H,3,8-16H2,1-2H3/t17-,18?,19?,20?,23+,25?/m1/s1. The van der Waals surface area contributed by atoms with Crippen LogP contribution in [0.3, 0.4) is 0 Å². The third kappa shape index (κ3) is 4.01. The van der Waals surface area contributed by atoms with Crippen LogP contribution in [0.15, 0.2) is 24.3 Å². The zero-order chi connectivity index (χ0) is 21.8. The van der Waals surface area contributed by atoms with Gasteiger partial charge in [0.1, 0.15) is 6.04 Å². The topological polar surface area (TPSA) is 66.5 Å². The molecule has 1 aliphatic heterocycles. The van der Waals surface area contributed by atoms with Gasteiger partial charge in [0.2, 0.25) is 5.91 Å². The van der Waals surface area contributed by atoms with E-state index in [0.29, 0.717) is 18.4 Å². The van der Waals surface area contributed by atoms with Gasteiger partial charge in [0, 0.05) is 18.3 Å². The molecular formula is C25H36N2O3S. The molecule has 6 rings (SSSR count). The van der Waals surface area contributed by atoms with E-state index in [1.165, 1.54) is 44.1 Å². The summed E-state index contributed by atoms with van der Waals surface area (Å²) in [5.74, 6) is 3.06. The molecule has 1 aromatic carbocycles. The number of benzene rings is 1. The lowest BCUT2D eigenvalue weighted by Gasteiger charge is -2.57. The molecule has 0 spiro atoms. The zero-order valence-electron chi connectivity index (χ0n) is 18.8. The molecule has 0 unspecified atom stereocenters. The van der Waals surface area contributed by atoms with Gasteiger partial charge in [0.25, 0.3) is 0 Å². The van der Waals surface area contributed by atoms with Crippen molar-refractivity contribution < 1.29 is 13.2 Å². The van der Waals surface area contributed by atoms with Crippen molar-refractivity contribution in [1.29, 1.82) is 0 Å². The molecule has 2 atom stereocenters. The minimum Gasteiger partial charge on any atom is -0.374 e. The summed E-state index contributed by atoms with van der Waals surface area (Å²) in [6, 6.07) is 8.27. The number of hydrogen-bond donors (Lipinski definition) is 1. The molecule has 6 heteroatoms. The van der Waals surface area contributed by atoms with Crippen LogP contribution in [-0.2, 0) is 20.0 Å². The lowest BCUT2D eigenvalue weighted by Crippen LogP contribution is -2.48. The molecule has 1 saturated heterocycles. The molecule has 0 radical (unpaired) electrons. The monoisotopic (exact) mass is 444 g/mol. The summed E-state index contributed by atoms with van der Waals surface area (Å²) in [5.41, 5.74) is 2.84. The van der Waals surface area contributed by atoms with E-state index < -0.39 is 9.84 Å². The predicted molar refractivity (Wildman–Crippen MR) is 124 cm³/mol. The fourth-order valence-corrected chi connectivity index (χ4v) is 9.29. The maximum absolute atomic E-state index is 13.0. The quantitative estimate of drug-likeness (QED) is 0.720. The third-order valence-electron chi connectivity index (χ3n) is 8.56. The smallest absolute Gasteiger partial charge is 0.245 e. The van der Waals surface area contributed by atoms with Gasteiger partial charge in [-0.2, -0.15) is 0 Å². The Labute approximate surface area is 186 Å². The first-order chi connectivity index (χ1) is 14.8. The van der Waals surface area contributed by atoms with Gasteiger partial charge in [0.15, 0.2) is 9.84 Å². The molecule has 0 aromatic heterocycles. The van der Waals surface area contributed by atoms with E-state index in [1.54, 1.807) is 4.90 Å². The molecule has 4 aliphatic carbocycles. The van der Waals surface area contributed by atoms with Crippen molar-refractivity contribution in [3.8, 4) is 0 Å². The number of anilines is 1. The van der Waals surface area contributed by atoms with Gasteiger partial charge in [0.05, 0.1) is 11.5 Å². The molecule has 1 aromatic rings. The summed E-state index contributed by atoms with van der Waals surface area (Å²) in [6.45, 7) is 4.34. The fraction of sp³-hybridized carbons (Fsp3) is 0.720. The number of rotatable bonds is 6. The number of amides is 1. The molecule has 4 bridgehead atoms. The van der Waals surface area contributed by atoms with Crippen molar-refractivity contribution in [2.45, 2.75) is 76.3 Å². The SMILES string of the molecule is CCN(C(=O)[C@@H](C)Nc1ccc(C23CC4CC(CC(C4)C2)C3)cc1)[C@H]1CCS(=O)(=O)C1. The van der Waals surface area contributed by atoms with Crippen LogP contribution in [-0.4, -0.2) is 49.4 Å². The Morgan fingerprint density at radius 2 is 1.68 bits per heavy atom. The van der Waals surface area contributed by atoms with E-state index in [-0.39, 0.29) is 29.5 Å². The zero-order valence-corrected chi connectivity index (χ0v) is 19.7. The number of nitrogens with one attached hydrogen (secondary N) is 1. The van der Waals surface area contributed by atoms with Crippen molar-refractivity contribution in [3.63, 3.8) is 0 Å². The van der Waals surface area contributed by atoms with E-state index in [1.807, 2.05) is 13.8 Å². The number of likely N-dealkylation sites (N-methyl/N-ethyl adjacent to an activating group) is 1. The number of sulfone groups is 1. The van der Waals surface area contributed by atoms with Gasteiger partial charge in [-0.25, -0.2) is 8.42 Å². The van der Waals surface area contributed by atoms with Gasteiger partial charge < -0.3 is 10.2 Å². The highest BCUT2D eigenvalue weighted by molar-refractivity contribution is 7.91. The molecule has 4 saturated carbocycles. The van der Waals surface area contributed by atoms with Crippen LogP contribution in [0, 0.1) is 17.8 Å². The molecule has 5 fully saturated rings. The number of carbonyl (C=O) groups excluding carboxylic acids is 1.